The molecule has 2 heteroatoms. The van der Waals surface area contributed by atoms with Crippen LogP contribution in [0, 0.1) is 18.7 Å². The molecule has 1 N–H and O–H groups in total. The summed E-state index contributed by atoms with van der Waals surface area (Å²) in [6.07, 6.45) is 3.24. The van der Waals surface area contributed by atoms with E-state index < -0.39 is 0 Å². The first-order valence-corrected chi connectivity index (χ1v) is 7.03. The van der Waals surface area contributed by atoms with Gasteiger partial charge in [-0.3, -0.25) is 0 Å². The van der Waals surface area contributed by atoms with Crippen molar-refractivity contribution in [1.82, 2.24) is 5.32 Å². The molecule has 0 bridgehead atoms. The Morgan fingerprint density at radius 1 is 1.28 bits per heavy atom. The molecular formula is C16H26FN. The summed E-state index contributed by atoms with van der Waals surface area (Å²) < 4.78 is 13.2. The van der Waals surface area contributed by atoms with Crippen molar-refractivity contribution in [3.63, 3.8) is 0 Å². The summed E-state index contributed by atoms with van der Waals surface area (Å²) in [6, 6.07) is 5.65. The predicted octanol–water partition coefficient (Wildman–Crippen LogP) is 4.09. The molecule has 0 saturated carbocycles. The Labute approximate surface area is 111 Å². The summed E-state index contributed by atoms with van der Waals surface area (Å²) in [7, 11) is 0. The van der Waals surface area contributed by atoms with Crippen molar-refractivity contribution in [2.24, 2.45) is 5.92 Å². The molecule has 1 aromatic carbocycles. The third kappa shape index (κ3) is 4.77. The average Bonchev–Trinajstić information content (AvgIpc) is 2.32. The zero-order chi connectivity index (χ0) is 13.5. The lowest BCUT2D eigenvalue weighted by molar-refractivity contribution is 0.377. The van der Waals surface area contributed by atoms with Crippen LogP contribution >= 0.6 is 0 Å². The van der Waals surface area contributed by atoms with E-state index in [1.807, 2.05) is 6.07 Å². The van der Waals surface area contributed by atoms with Gasteiger partial charge in [0.05, 0.1) is 0 Å². The number of benzene rings is 1. The van der Waals surface area contributed by atoms with Crippen molar-refractivity contribution in [3.8, 4) is 0 Å². The van der Waals surface area contributed by atoms with Crippen molar-refractivity contribution in [3.05, 3.63) is 35.1 Å². The van der Waals surface area contributed by atoms with Crippen molar-refractivity contribution in [1.29, 1.82) is 0 Å². The zero-order valence-corrected chi connectivity index (χ0v) is 12.1. The first-order chi connectivity index (χ1) is 8.54. The molecule has 0 aliphatic carbocycles. The van der Waals surface area contributed by atoms with Crippen LogP contribution in [0.3, 0.4) is 0 Å². The van der Waals surface area contributed by atoms with Crippen LogP contribution in [0.2, 0.25) is 0 Å². The Hall–Kier alpha value is -0.890. The van der Waals surface area contributed by atoms with Crippen LogP contribution < -0.4 is 5.32 Å². The van der Waals surface area contributed by atoms with Gasteiger partial charge in [-0.2, -0.15) is 0 Å². The fourth-order valence-electron chi connectivity index (χ4n) is 2.36. The third-order valence-electron chi connectivity index (χ3n) is 3.54. The van der Waals surface area contributed by atoms with Crippen LogP contribution in [0.15, 0.2) is 18.2 Å². The Balaban J connectivity index is 2.47. The zero-order valence-electron chi connectivity index (χ0n) is 12.1. The molecule has 0 fully saturated rings. The minimum absolute atomic E-state index is 0.123. The van der Waals surface area contributed by atoms with E-state index >= 15 is 0 Å². The largest absolute Gasteiger partial charge is 0.314 e. The molecule has 1 rings (SSSR count). The van der Waals surface area contributed by atoms with Crippen molar-refractivity contribution in [2.75, 3.05) is 6.54 Å². The van der Waals surface area contributed by atoms with Crippen LogP contribution in [0.4, 0.5) is 4.39 Å². The minimum Gasteiger partial charge on any atom is -0.314 e. The van der Waals surface area contributed by atoms with E-state index in [0.29, 0.717) is 12.0 Å². The summed E-state index contributed by atoms with van der Waals surface area (Å²) >= 11 is 0. The van der Waals surface area contributed by atoms with Crippen LogP contribution in [0.1, 0.15) is 44.7 Å². The van der Waals surface area contributed by atoms with Gasteiger partial charge in [-0.15, -0.1) is 0 Å². The summed E-state index contributed by atoms with van der Waals surface area (Å²) in [6.45, 7) is 9.72. The number of nitrogens with one attached hydrogen (secondary N) is 1. The molecule has 0 aromatic heterocycles. The number of rotatable bonds is 7. The Kier molecular flexibility index (Phi) is 6.34. The van der Waals surface area contributed by atoms with E-state index in [9.17, 15) is 4.39 Å². The van der Waals surface area contributed by atoms with E-state index in [-0.39, 0.29) is 5.82 Å². The van der Waals surface area contributed by atoms with E-state index in [2.05, 4.69) is 33.0 Å². The molecular weight excluding hydrogens is 225 g/mol. The summed E-state index contributed by atoms with van der Waals surface area (Å²) in [4.78, 5) is 0. The number of halogens is 1. The normalized spacial score (nSPS) is 13.0. The summed E-state index contributed by atoms with van der Waals surface area (Å²) in [5.41, 5.74) is 2.34. The fraction of sp³-hybridized carbons (Fsp3) is 0.625. The first-order valence-electron chi connectivity index (χ1n) is 7.03. The Bertz CT molecular complexity index is 360. The second kappa shape index (κ2) is 7.52. The average molecular weight is 251 g/mol. The first kappa shape index (κ1) is 15.2. The highest BCUT2D eigenvalue weighted by atomic mass is 19.1. The molecule has 0 heterocycles. The van der Waals surface area contributed by atoms with Gasteiger partial charge in [0.2, 0.25) is 0 Å². The SMILES string of the molecule is CCNC(CCCc1cc(F)ccc1C)C(C)C. The molecule has 18 heavy (non-hydrogen) atoms. The highest BCUT2D eigenvalue weighted by Crippen LogP contribution is 2.16. The molecule has 1 unspecified atom stereocenters. The lowest BCUT2D eigenvalue weighted by Crippen LogP contribution is -2.33. The van der Waals surface area contributed by atoms with Crippen LogP contribution in [0.25, 0.3) is 0 Å². The molecule has 0 aliphatic rings. The van der Waals surface area contributed by atoms with Gasteiger partial charge < -0.3 is 5.32 Å². The quantitative estimate of drug-likeness (QED) is 0.769. The minimum atomic E-state index is -0.123. The molecule has 1 nitrogen and oxygen atoms in total. The molecule has 1 atom stereocenters. The van der Waals surface area contributed by atoms with E-state index in [1.54, 1.807) is 6.07 Å². The highest BCUT2D eigenvalue weighted by molar-refractivity contribution is 5.26. The van der Waals surface area contributed by atoms with Gasteiger partial charge in [-0.1, -0.05) is 26.8 Å². The highest BCUT2D eigenvalue weighted by Gasteiger charge is 2.11. The van der Waals surface area contributed by atoms with Gasteiger partial charge in [0.25, 0.3) is 0 Å². The van der Waals surface area contributed by atoms with Crippen LogP contribution in [-0.4, -0.2) is 12.6 Å². The molecule has 1 aromatic rings. The second-order valence-corrected chi connectivity index (χ2v) is 5.37. The number of aryl methyl sites for hydroxylation is 2. The molecule has 0 spiro atoms. The summed E-state index contributed by atoms with van der Waals surface area (Å²) in [5, 5.41) is 3.52. The van der Waals surface area contributed by atoms with Crippen molar-refractivity contribution in [2.45, 2.75) is 53.0 Å². The van der Waals surface area contributed by atoms with Gasteiger partial charge in [0.15, 0.2) is 0 Å². The van der Waals surface area contributed by atoms with Gasteiger partial charge in [0.1, 0.15) is 5.82 Å². The number of hydrogen-bond acceptors (Lipinski definition) is 1. The van der Waals surface area contributed by atoms with Crippen LogP contribution in [-0.2, 0) is 6.42 Å². The molecule has 0 amide bonds. The van der Waals surface area contributed by atoms with Crippen LogP contribution in [0.5, 0.6) is 0 Å². The van der Waals surface area contributed by atoms with Crippen molar-refractivity contribution >= 4 is 0 Å². The second-order valence-electron chi connectivity index (χ2n) is 5.37. The van der Waals surface area contributed by atoms with Gasteiger partial charge >= 0.3 is 0 Å². The molecule has 0 radical (unpaired) electrons. The topological polar surface area (TPSA) is 12.0 Å². The molecule has 102 valence electrons. The number of hydrogen-bond donors (Lipinski definition) is 1. The summed E-state index contributed by atoms with van der Waals surface area (Å²) in [5.74, 6) is 0.529. The lowest BCUT2D eigenvalue weighted by Gasteiger charge is -2.21. The standard InChI is InChI=1S/C16H26FN/c1-5-18-16(12(2)3)8-6-7-14-11-15(17)10-9-13(14)4/h9-12,16,18H,5-8H2,1-4H3. The van der Waals surface area contributed by atoms with E-state index in [0.717, 1.165) is 31.4 Å². The maximum absolute atomic E-state index is 13.2. The predicted molar refractivity (Wildman–Crippen MR) is 76.4 cm³/mol. The lowest BCUT2D eigenvalue weighted by atomic mass is 9.95. The smallest absolute Gasteiger partial charge is 0.123 e. The molecule has 0 saturated heterocycles. The fourth-order valence-corrected chi connectivity index (χ4v) is 2.36. The Morgan fingerprint density at radius 3 is 2.61 bits per heavy atom. The maximum Gasteiger partial charge on any atom is 0.123 e. The van der Waals surface area contributed by atoms with E-state index in [1.165, 1.54) is 11.6 Å². The van der Waals surface area contributed by atoms with Gasteiger partial charge in [0, 0.05) is 6.04 Å². The third-order valence-corrected chi connectivity index (χ3v) is 3.54. The maximum atomic E-state index is 13.2. The van der Waals surface area contributed by atoms with Crippen molar-refractivity contribution < 1.29 is 4.39 Å². The molecule has 0 aliphatic heterocycles. The monoisotopic (exact) mass is 251 g/mol. The van der Waals surface area contributed by atoms with Gasteiger partial charge in [-0.05, 0) is 61.9 Å². The van der Waals surface area contributed by atoms with Gasteiger partial charge in [-0.25, -0.2) is 4.39 Å². The van der Waals surface area contributed by atoms with E-state index in [4.69, 9.17) is 0 Å². The Morgan fingerprint density at radius 2 is 2.00 bits per heavy atom.